The number of amides is 1. The van der Waals surface area contributed by atoms with E-state index in [0.717, 1.165) is 17.9 Å². The van der Waals surface area contributed by atoms with Crippen LogP contribution >= 0.6 is 11.8 Å². The van der Waals surface area contributed by atoms with Gasteiger partial charge in [-0.1, -0.05) is 0 Å². The maximum Gasteiger partial charge on any atom is 0.254 e. The van der Waals surface area contributed by atoms with Crippen LogP contribution in [-0.4, -0.2) is 48.6 Å². The Kier molecular flexibility index (Phi) is 5.25. The second-order valence-corrected chi connectivity index (χ2v) is 5.89. The molecule has 1 atom stereocenters. The first-order valence-corrected chi connectivity index (χ1v) is 7.71. The molecular formula is C14H19FN2O2S. The summed E-state index contributed by atoms with van der Waals surface area (Å²) in [6, 6.07) is 4.34. The van der Waals surface area contributed by atoms with Crippen LogP contribution in [0.15, 0.2) is 18.2 Å². The SMILES string of the molecule is COCCN(C(=O)c1ccc(F)c(N)c1)C1CCSC1. The molecule has 0 aliphatic carbocycles. The number of carbonyl (C=O) groups is 1. The summed E-state index contributed by atoms with van der Waals surface area (Å²) in [5.41, 5.74) is 5.97. The van der Waals surface area contributed by atoms with Gasteiger partial charge in [-0.05, 0) is 30.4 Å². The monoisotopic (exact) mass is 298 g/mol. The van der Waals surface area contributed by atoms with Crippen LogP contribution in [0, 0.1) is 5.82 Å². The van der Waals surface area contributed by atoms with E-state index in [1.54, 1.807) is 7.11 Å². The summed E-state index contributed by atoms with van der Waals surface area (Å²) >= 11 is 1.84. The normalized spacial score (nSPS) is 18.2. The predicted octanol–water partition coefficient (Wildman–Crippen LogP) is 2.00. The first-order valence-electron chi connectivity index (χ1n) is 6.56. The second kappa shape index (κ2) is 6.95. The summed E-state index contributed by atoms with van der Waals surface area (Å²) in [6.07, 6.45) is 0.983. The molecule has 1 aliphatic heterocycles. The van der Waals surface area contributed by atoms with Gasteiger partial charge in [-0.25, -0.2) is 4.39 Å². The Morgan fingerprint density at radius 1 is 1.60 bits per heavy atom. The van der Waals surface area contributed by atoms with Crippen molar-refractivity contribution in [2.24, 2.45) is 0 Å². The maximum atomic E-state index is 13.2. The van der Waals surface area contributed by atoms with Crippen LogP contribution < -0.4 is 5.73 Å². The fourth-order valence-corrected chi connectivity index (χ4v) is 3.47. The molecule has 110 valence electrons. The summed E-state index contributed by atoms with van der Waals surface area (Å²) in [5.74, 6) is 1.39. The van der Waals surface area contributed by atoms with Crippen molar-refractivity contribution >= 4 is 23.4 Å². The molecule has 0 aromatic heterocycles. The van der Waals surface area contributed by atoms with E-state index >= 15 is 0 Å². The molecule has 0 spiro atoms. The standard InChI is InChI=1S/C14H19FN2O2S/c1-19-6-5-17(11-4-7-20-9-11)14(18)10-2-3-12(15)13(16)8-10/h2-3,8,11H,4-7,9,16H2,1H3. The molecule has 4 nitrogen and oxygen atoms in total. The number of hydrogen-bond acceptors (Lipinski definition) is 4. The Morgan fingerprint density at radius 2 is 2.40 bits per heavy atom. The molecule has 0 saturated carbocycles. The number of nitrogens with two attached hydrogens (primary N) is 1. The molecule has 1 aromatic rings. The first-order chi connectivity index (χ1) is 9.63. The number of hydrogen-bond donors (Lipinski definition) is 1. The van der Waals surface area contributed by atoms with Gasteiger partial charge >= 0.3 is 0 Å². The van der Waals surface area contributed by atoms with Crippen molar-refractivity contribution in [2.45, 2.75) is 12.5 Å². The van der Waals surface area contributed by atoms with E-state index in [0.29, 0.717) is 18.7 Å². The molecule has 1 heterocycles. The zero-order chi connectivity index (χ0) is 14.5. The smallest absolute Gasteiger partial charge is 0.254 e. The summed E-state index contributed by atoms with van der Waals surface area (Å²) in [6.45, 7) is 1.03. The maximum absolute atomic E-state index is 13.2. The van der Waals surface area contributed by atoms with Crippen molar-refractivity contribution in [3.05, 3.63) is 29.6 Å². The Bertz CT molecular complexity index is 478. The topological polar surface area (TPSA) is 55.6 Å². The van der Waals surface area contributed by atoms with Gasteiger partial charge in [0.25, 0.3) is 5.91 Å². The lowest BCUT2D eigenvalue weighted by molar-refractivity contribution is 0.0624. The quantitative estimate of drug-likeness (QED) is 0.845. The van der Waals surface area contributed by atoms with Gasteiger partial charge in [0.2, 0.25) is 0 Å². The number of thioether (sulfide) groups is 1. The third-order valence-corrected chi connectivity index (χ3v) is 4.53. The predicted molar refractivity (Wildman–Crippen MR) is 79.5 cm³/mol. The minimum atomic E-state index is -0.499. The molecule has 0 radical (unpaired) electrons. The van der Waals surface area contributed by atoms with E-state index in [4.69, 9.17) is 10.5 Å². The molecule has 1 aromatic carbocycles. The zero-order valence-corrected chi connectivity index (χ0v) is 12.3. The van der Waals surface area contributed by atoms with Gasteiger partial charge in [0.15, 0.2) is 0 Å². The molecule has 2 rings (SSSR count). The molecule has 2 N–H and O–H groups in total. The van der Waals surface area contributed by atoms with Gasteiger partial charge in [0, 0.05) is 31.0 Å². The Labute approximate surface area is 122 Å². The summed E-state index contributed by atoms with van der Waals surface area (Å²) in [7, 11) is 1.61. The molecule has 6 heteroatoms. The minimum absolute atomic E-state index is 0.00309. The molecule has 20 heavy (non-hydrogen) atoms. The van der Waals surface area contributed by atoms with Gasteiger partial charge in [-0.3, -0.25) is 4.79 Å². The van der Waals surface area contributed by atoms with Crippen molar-refractivity contribution in [3.8, 4) is 0 Å². The van der Waals surface area contributed by atoms with Crippen molar-refractivity contribution in [1.29, 1.82) is 0 Å². The number of rotatable bonds is 5. The molecule has 1 saturated heterocycles. The van der Waals surface area contributed by atoms with E-state index in [2.05, 4.69) is 0 Å². The number of halogens is 1. The lowest BCUT2D eigenvalue weighted by Gasteiger charge is -2.28. The number of nitrogens with zero attached hydrogens (tertiary/aromatic N) is 1. The first kappa shape index (κ1) is 15.1. The zero-order valence-electron chi connectivity index (χ0n) is 11.5. The summed E-state index contributed by atoms with van der Waals surface area (Å²) in [5, 5.41) is 0. The highest BCUT2D eigenvalue weighted by molar-refractivity contribution is 7.99. The second-order valence-electron chi connectivity index (χ2n) is 4.75. The molecule has 1 aliphatic rings. The lowest BCUT2D eigenvalue weighted by atomic mass is 10.1. The van der Waals surface area contributed by atoms with Crippen LogP contribution in [0.5, 0.6) is 0 Å². The highest BCUT2D eigenvalue weighted by atomic mass is 32.2. The van der Waals surface area contributed by atoms with Gasteiger partial charge in [0.1, 0.15) is 5.82 Å². The number of methoxy groups -OCH3 is 1. The highest BCUT2D eigenvalue weighted by Gasteiger charge is 2.27. The van der Waals surface area contributed by atoms with Crippen LogP contribution in [0.25, 0.3) is 0 Å². The van der Waals surface area contributed by atoms with Crippen molar-refractivity contribution < 1.29 is 13.9 Å². The van der Waals surface area contributed by atoms with Crippen molar-refractivity contribution in [2.75, 3.05) is 37.5 Å². The Morgan fingerprint density at radius 3 is 3.00 bits per heavy atom. The average Bonchev–Trinajstić information content (AvgIpc) is 2.96. The average molecular weight is 298 g/mol. The molecule has 1 fully saturated rings. The van der Waals surface area contributed by atoms with E-state index in [-0.39, 0.29) is 17.6 Å². The molecule has 1 amide bonds. The highest BCUT2D eigenvalue weighted by Crippen LogP contribution is 2.24. The largest absolute Gasteiger partial charge is 0.396 e. The van der Waals surface area contributed by atoms with Crippen LogP contribution in [0.1, 0.15) is 16.8 Å². The number of nitrogen functional groups attached to an aromatic ring is 1. The van der Waals surface area contributed by atoms with E-state index in [1.165, 1.54) is 18.2 Å². The third-order valence-electron chi connectivity index (χ3n) is 3.39. The van der Waals surface area contributed by atoms with E-state index < -0.39 is 5.82 Å². The number of ether oxygens (including phenoxy) is 1. The summed E-state index contributed by atoms with van der Waals surface area (Å²) < 4.78 is 18.3. The van der Waals surface area contributed by atoms with Gasteiger partial charge in [-0.2, -0.15) is 11.8 Å². The van der Waals surface area contributed by atoms with Crippen LogP contribution in [-0.2, 0) is 4.74 Å². The molecule has 1 unspecified atom stereocenters. The fraction of sp³-hybridized carbons (Fsp3) is 0.500. The van der Waals surface area contributed by atoms with Gasteiger partial charge in [-0.15, -0.1) is 0 Å². The number of carbonyl (C=O) groups excluding carboxylic acids is 1. The number of anilines is 1. The lowest BCUT2D eigenvalue weighted by Crippen LogP contribution is -2.42. The Balaban J connectivity index is 2.17. The molecular weight excluding hydrogens is 279 g/mol. The van der Waals surface area contributed by atoms with Crippen LogP contribution in [0.3, 0.4) is 0 Å². The Hall–Kier alpha value is -1.27. The fourth-order valence-electron chi connectivity index (χ4n) is 2.25. The van der Waals surface area contributed by atoms with Gasteiger partial charge in [0.05, 0.1) is 12.3 Å². The van der Waals surface area contributed by atoms with Crippen LogP contribution in [0.4, 0.5) is 10.1 Å². The molecule has 0 bridgehead atoms. The minimum Gasteiger partial charge on any atom is -0.396 e. The summed E-state index contributed by atoms with van der Waals surface area (Å²) in [4.78, 5) is 14.4. The van der Waals surface area contributed by atoms with Gasteiger partial charge < -0.3 is 15.4 Å². The van der Waals surface area contributed by atoms with Crippen molar-refractivity contribution in [3.63, 3.8) is 0 Å². The number of benzene rings is 1. The third kappa shape index (κ3) is 3.43. The van der Waals surface area contributed by atoms with E-state index in [1.807, 2.05) is 16.7 Å². The van der Waals surface area contributed by atoms with Crippen LogP contribution in [0.2, 0.25) is 0 Å². The van der Waals surface area contributed by atoms with E-state index in [9.17, 15) is 9.18 Å². The van der Waals surface area contributed by atoms with Crippen molar-refractivity contribution in [1.82, 2.24) is 4.90 Å².